The van der Waals surface area contributed by atoms with E-state index in [1.165, 1.54) is 10.3 Å². The van der Waals surface area contributed by atoms with Crippen molar-refractivity contribution >= 4 is 32.4 Å². The fraction of sp³-hybridized carbons (Fsp3) is 0.348. The highest BCUT2D eigenvalue weighted by molar-refractivity contribution is 7.22. The van der Waals surface area contributed by atoms with E-state index in [2.05, 4.69) is 64.6 Å². The van der Waals surface area contributed by atoms with Crippen LogP contribution < -0.4 is 5.32 Å². The van der Waals surface area contributed by atoms with Gasteiger partial charge >= 0.3 is 0 Å². The Bertz CT molecular complexity index is 955. The largest absolute Gasteiger partial charge is 0.332 e. The van der Waals surface area contributed by atoms with Gasteiger partial charge in [-0.25, -0.2) is 14.6 Å². The molecule has 0 saturated carbocycles. The van der Waals surface area contributed by atoms with Gasteiger partial charge in [-0.05, 0) is 35.7 Å². The van der Waals surface area contributed by atoms with Crippen LogP contribution in [-0.4, -0.2) is 19.7 Å². The molecule has 0 spiro atoms. The van der Waals surface area contributed by atoms with Crippen molar-refractivity contribution in [2.24, 2.45) is 5.92 Å². The van der Waals surface area contributed by atoms with Crippen LogP contribution in [0.4, 0.5) is 10.8 Å². The van der Waals surface area contributed by atoms with E-state index in [4.69, 9.17) is 0 Å². The van der Waals surface area contributed by atoms with Crippen molar-refractivity contribution in [1.29, 1.82) is 0 Å². The zero-order valence-corrected chi connectivity index (χ0v) is 18.4. The first-order valence-electron chi connectivity index (χ1n) is 10.3. The lowest BCUT2D eigenvalue weighted by atomic mass is 9.89. The van der Waals surface area contributed by atoms with Gasteiger partial charge in [0.05, 0.1) is 16.3 Å². The summed E-state index contributed by atoms with van der Waals surface area (Å²) in [4.78, 5) is 8.79. The second-order valence-corrected chi connectivity index (χ2v) is 7.66. The fourth-order valence-corrected chi connectivity index (χ4v) is 4.44. The van der Waals surface area contributed by atoms with E-state index >= 15 is 0 Å². The smallest absolute Gasteiger partial charge is 0.188 e. The summed E-state index contributed by atoms with van der Waals surface area (Å²) < 4.78 is 3.17. The number of anilines is 2. The van der Waals surface area contributed by atoms with Crippen LogP contribution in [0.5, 0.6) is 0 Å². The summed E-state index contributed by atoms with van der Waals surface area (Å²) in [5, 5.41) is 8.74. The molecule has 1 unspecified atom stereocenters. The van der Waals surface area contributed by atoms with Gasteiger partial charge in [0.2, 0.25) is 0 Å². The zero-order chi connectivity index (χ0) is 20.6. The normalized spacial score (nSPS) is 11.9. The van der Waals surface area contributed by atoms with Gasteiger partial charge < -0.3 is 5.32 Å². The third-order valence-corrected chi connectivity index (χ3v) is 5.97. The topological polar surface area (TPSA) is 55.6 Å². The molecule has 4 rings (SSSR count). The minimum absolute atomic E-state index is 0.207. The van der Waals surface area contributed by atoms with Gasteiger partial charge in [-0.15, -0.1) is 0 Å². The van der Waals surface area contributed by atoms with Crippen LogP contribution >= 0.6 is 11.3 Å². The average Bonchev–Trinajstić information content (AvgIpc) is 3.43. The Hall–Kier alpha value is -2.73. The minimum Gasteiger partial charge on any atom is -0.332 e. The van der Waals surface area contributed by atoms with Gasteiger partial charge in [-0.3, -0.25) is 0 Å². The third kappa shape index (κ3) is 4.82. The molecule has 0 fully saturated rings. The molecule has 0 saturated heterocycles. The van der Waals surface area contributed by atoms with Crippen LogP contribution in [0, 0.1) is 5.92 Å². The molecule has 2 aromatic heterocycles. The molecule has 0 bridgehead atoms. The highest BCUT2D eigenvalue weighted by atomic mass is 32.1. The maximum atomic E-state index is 4.65. The second-order valence-electron chi connectivity index (χ2n) is 6.63. The maximum Gasteiger partial charge on any atom is 0.188 e. The number of aromatic nitrogens is 4. The quantitative estimate of drug-likeness (QED) is 0.371. The number of nitrogens with zero attached hydrogens (tertiary/aromatic N) is 4. The standard InChI is InChI=1S/C21H23N5S.C2H6/c1-3-15(4-2)20(26-14-22-13-23-26)16-9-11-17(12-10-16)24-21-25-18-7-5-6-8-19(18)27-21;1-2/h5-15,20H,3-4H2,1-2H3,(H,24,25);1-2H3. The van der Waals surface area contributed by atoms with Gasteiger partial charge in [0.25, 0.3) is 0 Å². The van der Waals surface area contributed by atoms with E-state index < -0.39 is 0 Å². The van der Waals surface area contributed by atoms with E-state index in [0.717, 1.165) is 29.2 Å². The molecule has 2 heterocycles. The van der Waals surface area contributed by atoms with Crippen molar-refractivity contribution < 1.29 is 0 Å². The summed E-state index contributed by atoms with van der Waals surface area (Å²) in [5.41, 5.74) is 3.32. The van der Waals surface area contributed by atoms with Gasteiger partial charge in [0, 0.05) is 5.69 Å². The molecule has 152 valence electrons. The first kappa shape index (κ1) is 21.0. The number of nitrogens with one attached hydrogen (secondary N) is 1. The Morgan fingerprint density at radius 2 is 1.72 bits per heavy atom. The van der Waals surface area contributed by atoms with E-state index in [1.807, 2.05) is 43.1 Å². The van der Waals surface area contributed by atoms with E-state index in [0.29, 0.717) is 5.92 Å². The number of fused-ring (bicyclic) bond motifs is 1. The third-order valence-electron chi connectivity index (χ3n) is 5.01. The molecule has 1 N–H and O–H groups in total. The SMILES string of the molecule is CC.CCC(CC)C(c1ccc(Nc2nc3ccccc3s2)cc1)n1cncn1. The van der Waals surface area contributed by atoms with E-state index in [1.54, 1.807) is 17.7 Å². The van der Waals surface area contributed by atoms with E-state index in [-0.39, 0.29) is 6.04 Å². The lowest BCUT2D eigenvalue weighted by Gasteiger charge is -2.26. The Morgan fingerprint density at radius 3 is 2.34 bits per heavy atom. The molecule has 0 amide bonds. The van der Waals surface area contributed by atoms with E-state index in [9.17, 15) is 0 Å². The summed E-state index contributed by atoms with van der Waals surface area (Å²) >= 11 is 1.67. The van der Waals surface area contributed by atoms with Crippen molar-refractivity contribution in [1.82, 2.24) is 19.7 Å². The van der Waals surface area contributed by atoms with Crippen LogP contribution in [0.1, 0.15) is 52.1 Å². The van der Waals surface area contributed by atoms with Crippen LogP contribution in [-0.2, 0) is 0 Å². The van der Waals surface area contributed by atoms with Crippen molar-refractivity contribution in [2.75, 3.05) is 5.32 Å². The van der Waals surface area contributed by atoms with Crippen molar-refractivity contribution in [3.8, 4) is 0 Å². The molecule has 0 aliphatic carbocycles. The monoisotopic (exact) mass is 407 g/mol. The molecule has 4 aromatic rings. The Morgan fingerprint density at radius 1 is 1.00 bits per heavy atom. The Balaban J connectivity index is 0.00000117. The molecule has 6 heteroatoms. The molecule has 0 radical (unpaired) electrons. The lowest BCUT2D eigenvalue weighted by molar-refractivity contribution is 0.332. The summed E-state index contributed by atoms with van der Waals surface area (Å²) in [6.45, 7) is 8.47. The average molecular weight is 408 g/mol. The highest BCUT2D eigenvalue weighted by Crippen LogP contribution is 2.32. The highest BCUT2D eigenvalue weighted by Gasteiger charge is 2.23. The number of rotatable bonds is 7. The number of benzene rings is 2. The van der Waals surface area contributed by atoms with Gasteiger partial charge in [-0.2, -0.15) is 5.10 Å². The zero-order valence-electron chi connectivity index (χ0n) is 17.5. The number of para-hydroxylation sites is 1. The first-order chi connectivity index (χ1) is 14.3. The Labute approximate surface area is 176 Å². The predicted molar refractivity (Wildman–Crippen MR) is 123 cm³/mol. The number of thiazole rings is 1. The lowest BCUT2D eigenvalue weighted by Crippen LogP contribution is -2.20. The number of hydrogen-bond acceptors (Lipinski definition) is 5. The molecule has 29 heavy (non-hydrogen) atoms. The molecular weight excluding hydrogens is 378 g/mol. The minimum atomic E-state index is 0.207. The summed E-state index contributed by atoms with van der Waals surface area (Å²) in [6, 6.07) is 17.0. The summed E-state index contributed by atoms with van der Waals surface area (Å²) in [7, 11) is 0. The molecule has 0 aliphatic heterocycles. The summed E-state index contributed by atoms with van der Waals surface area (Å²) in [6.07, 6.45) is 5.63. The van der Waals surface area contributed by atoms with Crippen molar-refractivity contribution in [3.05, 3.63) is 66.7 Å². The first-order valence-corrected chi connectivity index (χ1v) is 11.2. The molecule has 5 nitrogen and oxygen atoms in total. The van der Waals surface area contributed by atoms with Crippen molar-refractivity contribution in [3.63, 3.8) is 0 Å². The van der Waals surface area contributed by atoms with Gasteiger partial charge in [0.1, 0.15) is 12.7 Å². The molecular formula is C23H29N5S. The molecule has 1 atom stereocenters. The number of hydrogen-bond donors (Lipinski definition) is 1. The van der Waals surface area contributed by atoms with Crippen LogP contribution in [0.25, 0.3) is 10.2 Å². The maximum absolute atomic E-state index is 4.65. The van der Waals surface area contributed by atoms with Crippen LogP contribution in [0.15, 0.2) is 61.2 Å². The van der Waals surface area contributed by atoms with Crippen LogP contribution in [0.2, 0.25) is 0 Å². The predicted octanol–water partition coefficient (Wildman–Crippen LogP) is 6.68. The summed E-state index contributed by atoms with van der Waals surface area (Å²) in [5.74, 6) is 0.523. The fourth-order valence-electron chi connectivity index (χ4n) is 3.55. The molecule has 0 aliphatic rings. The van der Waals surface area contributed by atoms with Gasteiger partial charge in [0.15, 0.2) is 5.13 Å². The van der Waals surface area contributed by atoms with Crippen LogP contribution in [0.3, 0.4) is 0 Å². The second kappa shape index (κ2) is 10.2. The Kier molecular flexibility index (Phi) is 7.36. The van der Waals surface area contributed by atoms with Gasteiger partial charge in [-0.1, -0.05) is 76.1 Å². The van der Waals surface area contributed by atoms with Crippen molar-refractivity contribution in [2.45, 2.75) is 46.6 Å². The molecule has 2 aromatic carbocycles.